The van der Waals surface area contributed by atoms with Crippen LogP contribution >= 0.6 is 0 Å². The third-order valence-corrected chi connectivity index (χ3v) is 5.39. The summed E-state index contributed by atoms with van der Waals surface area (Å²) in [6, 6.07) is 0. The van der Waals surface area contributed by atoms with E-state index >= 15 is 0 Å². The molecule has 0 amide bonds. The third kappa shape index (κ3) is 23.4. The Bertz CT molecular complexity index is 317. The van der Waals surface area contributed by atoms with Crippen molar-refractivity contribution in [2.24, 2.45) is 0 Å². The van der Waals surface area contributed by atoms with Crippen molar-refractivity contribution < 1.29 is 19.5 Å². The van der Waals surface area contributed by atoms with Crippen molar-refractivity contribution in [1.29, 1.82) is 0 Å². The van der Waals surface area contributed by atoms with Crippen LogP contribution in [-0.4, -0.2) is 42.4 Å². The highest BCUT2D eigenvalue weighted by atomic mass is 16.4. The van der Waals surface area contributed by atoms with Crippen LogP contribution < -0.4 is 5.11 Å². The van der Waals surface area contributed by atoms with Gasteiger partial charge in [0.1, 0.15) is 0 Å². The standard InChI is InChI=1S/C20H44NO.C3H6O2/c1-5-6-7-8-9-10-11-12-13-14-15-16-17-18-19-21(3,4)20(2)22;1-2-3(4)5/h20,22H,5-19H2,1-4H3;2H2,1H3,(H,4,5)/q+1;/p-1. The number of rotatable bonds is 17. The summed E-state index contributed by atoms with van der Waals surface area (Å²) < 4.78 is 0.734. The first kappa shape index (κ1) is 28.6. The number of carboxylic acids is 1. The normalized spacial score (nSPS) is 12.4. The van der Waals surface area contributed by atoms with Gasteiger partial charge >= 0.3 is 0 Å². The Hall–Kier alpha value is -0.610. The molecular formula is C23H49NO3. The molecule has 0 saturated heterocycles. The number of aliphatic hydroxyl groups is 1. The molecule has 0 rings (SSSR count). The van der Waals surface area contributed by atoms with E-state index in [2.05, 4.69) is 21.0 Å². The van der Waals surface area contributed by atoms with Crippen LogP contribution in [0.1, 0.15) is 117 Å². The van der Waals surface area contributed by atoms with Gasteiger partial charge < -0.3 is 19.5 Å². The molecule has 1 N–H and O–H groups in total. The number of aliphatic hydroxyl groups excluding tert-OH is 1. The average Bonchev–Trinajstić information content (AvgIpc) is 2.62. The lowest BCUT2D eigenvalue weighted by Crippen LogP contribution is -2.47. The van der Waals surface area contributed by atoms with E-state index < -0.39 is 5.97 Å². The van der Waals surface area contributed by atoms with Gasteiger partial charge in [0.05, 0.1) is 20.6 Å². The Labute approximate surface area is 169 Å². The molecule has 0 aliphatic heterocycles. The van der Waals surface area contributed by atoms with Crippen LogP contribution in [0.5, 0.6) is 0 Å². The fraction of sp³-hybridized carbons (Fsp3) is 0.957. The number of carboxylic acid groups (broad SMARTS) is 1. The van der Waals surface area contributed by atoms with E-state index in [1.54, 1.807) is 0 Å². The zero-order valence-electron chi connectivity index (χ0n) is 19.1. The predicted molar refractivity (Wildman–Crippen MR) is 114 cm³/mol. The number of unbranched alkanes of at least 4 members (excludes halogenated alkanes) is 13. The SMILES string of the molecule is CCC(=O)[O-].CCCCCCCCCCCCCCCC[N+](C)(C)C(C)O. The van der Waals surface area contributed by atoms with Gasteiger partial charge in [-0.1, -0.05) is 90.9 Å². The van der Waals surface area contributed by atoms with Crippen LogP contribution in [0.3, 0.4) is 0 Å². The van der Waals surface area contributed by atoms with Crippen molar-refractivity contribution >= 4 is 5.97 Å². The van der Waals surface area contributed by atoms with Gasteiger partial charge in [0.2, 0.25) is 0 Å². The monoisotopic (exact) mass is 387 g/mol. The van der Waals surface area contributed by atoms with E-state index in [1.807, 2.05) is 6.92 Å². The smallest absolute Gasteiger partial charge is 0.187 e. The van der Waals surface area contributed by atoms with Gasteiger partial charge in [0.15, 0.2) is 6.23 Å². The Morgan fingerprint density at radius 3 is 1.33 bits per heavy atom. The Morgan fingerprint density at radius 2 is 1.07 bits per heavy atom. The van der Waals surface area contributed by atoms with E-state index in [4.69, 9.17) is 0 Å². The summed E-state index contributed by atoms with van der Waals surface area (Å²) in [5.41, 5.74) is 0. The summed E-state index contributed by atoms with van der Waals surface area (Å²) >= 11 is 0. The van der Waals surface area contributed by atoms with Crippen LogP contribution in [0.4, 0.5) is 0 Å². The summed E-state index contributed by atoms with van der Waals surface area (Å²) in [4.78, 5) is 9.26. The van der Waals surface area contributed by atoms with Crippen LogP contribution in [0.25, 0.3) is 0 Å². The maximum absolute atomic E-state index is 9.66. The van der Waals surface area contributed by atoms with Gasteiger partial charge in [-0.3, -0.25) is 0 Å². The maximum Gasteiger partial charge on any atom is 0.187 e. The van der Waals surface area contributed by atoms with Crippen molar-refractivity contribution in [3.63, 3.8) is 0 Å². The molecule has 0 aromatic rings. The van der Waals surface area contributed by atoms with Crippen molar-refractivity contribution in [3.8, 4) is 0 Å². The van der Waals surface area contributed by atoms with E-state index in [0.29, 0.717) is 0 Å². The van der Waals surface area contributed by atoms with Gasteiger partial charge in [-0.15, -0.1) is 0 Å². The minimum absolute atomic E-state index is 0.111. The summed E-state index contributed by atoms with van der Waals surface area (Å²) in [6.45, 7) is 6.81. The second-order valence-electron chi connectivity index (χ2n) is 8.46. The van der Waals surface area contributed by atoms with Crippen molar-refractivity contribution in [2.75, 3.05) is 20.6 Å². The first-order valence-electron chi connectivity index (χ1n) is 11.5. The molecule has 0 aromatic heterocycles. The lowest BCUT2D eigenvalue weighted by molar-refractivity contribution is -0.934. The molecule has 0 aliphatic rings. The van der Waals surface area contributed by atoms with Crippen molar-refractivity contribution in [3.05, 3.63) is 0 Å². The second kappa shape index (κ2) is 20.1. The Kier molecular flexibility index (Phi) is 21.3. The first-order chi connectivity index (χ1) is 12.8. The predicted octanol–water partition coefficient (Wildman–Crippen LogP) is 5.03. The van der Waals surface area contributed by atoms with Crippen LogP contribution in [0.2, 0.25) is 0 Å². The molecule has 0 fully saturated rings. The lowest BCUT2D eigenvalue weighted by atomic mass is 10.0. The topological polar surface area (TPSA) is 60.4 Å². The van der Waals surface area contributed by atoms with E-state index in [-0.39, 0.29) is 12.6 Å². The second-order valence-corrected chi connectivity index (χ2v) is 8.46. The molecule has 1 unspecified atom stereocenters. The van der Waals surface area contributed by atoms with E-state index in [0.717, 1.165) is 11.0 Å². The fourth-order valence-electron chi connectivity index (χ4n) is 2.90. The molecule has 0 radical (unpaired) electrons. The molecular weight excluding hydrogens is 338 g/mol. The summed E-state index contributed by atoms with van der Waals surface area (Å²) in [7, 11) is 4.24. The van der Waals surface area contributed by atoms with Crippen LogP contribution in [0, 0.1) is 0 Å². The number of quaternary nitrogens is 1. The molecule has 1 atom stereocenters. The van der Waals surface area contributed by atoms with Crippen LogP contribution in [-0.2, 0) is 4.79 Å². The summed E-state index contributed by atoms with van der Waals surface area (Å²) in [5, 5.41) is 18.9. The number of hydrogen-bond donors (Lipinski definition) is 1. The average molecular weight is 388 g/mol. The molecule has 0 heterocycles. The van der Waals surface area contributed by atoms with E-state index in [1.165, 1.54) is 96.8 Å². The molecule has 4 nitrogen and oxygen atoms in total. The zero-order chi connectivity index (χ0) is 21.0. The largest absolute Gasteiger partial charge is 0.550 e. The number of carbonyl (C=O) groups excluding carboxylic acids is 1. The first-order valence-corrected chi connectivity index (χ1v) is 11.5. The minimum atomic E-state index is -0.995. The third-order valence-electron chi connectivity index (χ3n) is 5.39. The highest BCUT2D eigenvalue weighted by molar-refractivity contribution is 5.63. The summed E-state index contributed by atoms with van der Waals surface area (Å²) in [6.07, 6.45) is 19.5. The molecule has 0 aromatic carbocycles. The number of carbonyl (C=O) groups is 1. The summed E-state index contributed by atoms with van der Waals surface area (Å²) in [5.74, 6) is -0.995. The maximum atomic E-state index is 9.66. The highest BCUT2D eigenvalue weighted by Gasteiger charge is 2.20. The van der Waals surface area contributed by atoms with Gasteiger partial charge in [-0.2, -0.15) is 0 Å². The number of nitrogens with zero attached hydrogens (tertiary/aromatic N) is 1. The zero-order valence-corrected chi connectivity index (χ0v) is 19.1. The van der Waals surface area contributed by atoms with E-state index in [9.17, 15) is 15.0 Å². The fourth-order valence-corrected chi connectivity index (χ4v) is 2.90. The molecule has 0 spiro atoms. The lowest BCUT2D eigenvalue weighted by Gasteiger charge is -2.32. The minimum Gasteiger partial charge on any atom is -0.550 e. The number of aliphatic carboxylic acids is 1. The quantitative estimate of drug-likeness (QED) is 0.216. The highest BCUT2D eigenvalue weighted by Crippen LogP contribution is 2.14. The molecule has 164 valence electrons. The molecule has 4 heteroatoms. The molecule has 0 saturated carbocycles. The van der Waals surface area contributed by atoms with Gasteiger partial charge in [-0.05, 0) is 19.3 Å². The van der Waals surface area contributed by atoms with Crippen molar-refractivity contribution in [1.82, 2.24) is 0 Å². The molecule has 0 bridgehead atoms. The molecule has 27 heavy (non-hydrogen) atoms. The Morgan fingerprint density at radius 1 is 0.778 bits per heavy atom. The van der Waals surface area contributed by atoms with Crippen LogP contribution in [0.15, 0.2) is 0 Å². The van der Waals surface area contributed by atoms with Gasteiger partial charge in [0.25, 0.3) is 0 Å². The molecule has 0 aliphatic carbocycles. The Balaban J connectivity index is 0. The van der Waals surface area contributed by atoms with Gasteiger partial charge in [-0.25, -0.2) is 0 Å². The van der Waals surface area contributed by atoms with Gasteiger partial charge in [0, 0.05) is 12.9 Å². The number of hydrogen-bond acceptors (Lipinski definition) is 3. The van der Waals surface area contributed by atoms with Crippen molar-refractivity contribution in [2.45, 2.75) is 123 Å².